The van der Waals surface area contributed by atoms with Crippen LogP contribution in [-0.4, -0.2) is 21.2 Å². The van der Waals surface area contributed by atoms with E-state index in [1.165, 1.54) is 47.7 Å². The van der Waals surface area contributed by atoms with Crippen molar-refractivity contribution in [3.8, 4) is 26.9 Å². The van der Waals surface area contributed by atoms with Crippen molar-refractivity contribution >= 4 is 28.8 Å². The van der Waals surface area contributed by atoms with Gasteiger partial charge in [0.15, 0.2) is 5.66 Å². The summed E-state index contributed by atoms with van der Waals surface area (Å²) in [6, 6.07) is 12.6. The molecule has 1 aliphatic heterocycles. The van der Waals surface area contributed by atoms with Crippen molar-refractivity contribution < 1.29 is 50.2 Å². The number of hydrogen-bond acceptors (Lipinski definition) is 9. The number of hydroxylamine groups is 1. The van der Waals surface area contributed by atoms with Gasteiger partial charge in [0.1, 0.15) is 34.3 Å². The zero-order chi connectivity index (χ0) is 35.3. The lowest BCUT2D eigenvalue weighted by molar-refractivity contribution is -0.138. The maximum absolute atomic E-state index is 15.8. The molecule has 2 unspecified atom stereocenters. The van der Waals surface area contributed by atoms with E-state index < -0.39 is 47.2 Å². The first kappa shape index (κ1) is 34.3. The molecule has 17 heteroatoms. The fourth-order valence-electron chi connectivity index (χ4n) is 5.06. The second kappa shape index (κ2) is 12.7. The number of benzene rings is 3. The van der Waals surface area contributed by atoms with Crippen molar-refractivity contribution in [2.24, 2.45) is 0 Å². The third-order valence-corrected chi connectivity index (χ3v) is 10.1. The number of aliphatic hydroxyl groups is 1. The number of carbonyl (C=O) groups excluding carboxylic acids is 1. The predicted molar refractivity (Wildman–Crippen MR) is 165 cm³/mol. The Kier molecular flexibility index (Phi) is 8.89. The van der Waals surface area contributed by atoms with Crippen LogP contribution in [-0.2, 0) is 29.5 Å². The van der Waals surface area contributed by atoms with E-state index in [0.717, 1.165) is 41.7 Å². The molecule has 1 amide bonds. The van der Waals surface area contributed by atoms with E-state index in [2.05, 4.69) is 20.8 Å². The number of nitrogens with zero attached hydrogens (tertiary/aromatic N) is 2. The molecule has 8 nitrogen and oxygen atoms in total. The fraction of sp³-hybridized carbons (Fsp3) is 0.219. The van der Waals surface area contributed by atoms with Crippen molar-refractivity contribution in [1.82, 2.24) is 20.8 Å². The minimum atomic E-state index is -4.52. The van der Waals surface area contributed by atoms with Crippen LogP contribution < -0.4 is 15.5 Å². The third-order valence-electron chi connectivity index (χ3n) is 7.64. The van der Waals surface area contributed by atoms with E-state index in [-0.39, 0.29) is 33.5 Å². The van der Waals surface area contributed by atoms with E-state index in [1.807, 2.05) is 0 Å². The summed E-state index contributed by atoms with van der Waals surface area (Å²) in [6.45, 7) is 3.21. The van der Waals surface area contributed by atoms with Crippen LogP contribution in [0.15, 0.2) is 66.7 Å². The van der Waals surface area contributed by atoms with Gasteiger partial charge < -0.3 is 14.7 Å². The van der Waals surface area contributed by atoms with Crippen LogP contribution in [0.25, 0.3) is 21.1 Å². The van der Waals surface area contributed by atoms with Gasteiger partial charge in [0.25, 0.3) is 0 Å². The Balaban J connectivity index is 1.22. The van der Waals surface area contributed by atoms with E-state index in [9.17, 15) is 36.2 Å². The number of hydrogen-bond donors (Lipinski definition) is 3. The first-order valence-corrected chi connectivity index (χ1v) is 15.8. The van der Waals surface area contributed by atoms with Gasteiger partial charge in [0, 0.05) is 22.8 Å². The van der Waals surface area contributed by atoms with Crippen molar-refractivity contribution in [1.29, 1.82) is 0 Å². The average Bonchev–Trinajstić information content (AvgIpc) is 3.75. The van der Waals surface area contributed by atoms with E-state index in [0.29, 0.717) is 26.7 Å². The van der Waals surface area contributed by atoms with Crippen LogP contribution in [0.3, 0.4) is 0 Å². The Bertz CT molecular complexity index is 2010. The van der Waals surface area contributed by atoms with Crippen LogP contribution in [0.2, 0.25) is 0 Å². The van der Waals surface area contributed by atoms with Gasteiger partial charge in [-0.15, -0.1) is 28.2 Å². The smallest absolute Gasteiger partial charge is 0.428 e. The zero-order valence-corrected chi connectivity index (χ0v) is 26.8. The number of nitrogens with one attached hydrogen (secondary N) is 2. The van der Waals surface area contributed by atoms with Crippen molar-refractivity contribution in [2.75, 3.05) is 0 Å². The first-order chi connectivity index (χ1) is 23.0. The van der Waals surface area contributed by atoms with Gasteiger partial charge in [0.2, 0.25) is 0 Å². The van der Waals surface area contributed by atoms with Crippen molar-refractivity contribution in [2.45, 2.75) is 44.6 Å². The molecule has 3 heterocycles. The lowest BCUT2D eigenvalue weighted by Crippen LogP contribution is -2.51. The number of amides is 1. The predicted octanol–water partition coefficient (Wildman–Crippen LogP) is 8.44. The van der Waals surface area contributed by atoms with Gasteiger partial charge in [-0.25, -0.2) is 19.2 Å². The van der Waals surface area contributed by atoms with Gasteiger partial charge in [-0.2, -0.15) is 26.3 Å². The molecule has 0 spiro atoms. The monoisotopic (exact) mass is 724 g/mol. The molecule has 5 aromatic rings. The van der Waals surface area contributed by atoms with Gasteiger partial charge >= 0.3 is 18.4 Å². The van der Waals surface area contributed by atoms with Crippen molar-refractivity contribution in [3.63, 3.8) is 0 Å². The van der Waals surface area contributed by atoms with Crippen LogP contribution in [0.5, 0.6) is 5.75 Å². The summed E-state index contributed by atoms with van der Waals surface area (Å²) in [5.74, 6) is -0.815. The summed E-state index contributed by atoms with van der Waals surface area (Å²) in [5.41, 5.74) is 0.208. The number of thiazole rings is 2. The highest BCUT2D eigenvalue weighted by molar-refractivity contribution is 7.15. The SMILES string of the molecule is Cc1nc(-c2ccc(C(F)(F)F)cc2)sc1COc1ccc(C2(C(O)c3sc(-c4ccc(C(F)(F)F)cc4)nc3C)NOC(=O)N2)c(F)c1. The zero-order valence-electron chi connectivity index (χ0n) is 25.2. The van der Waals surface area contributed by atoms with Crippen molar-refractivity contribution in [3.05, 3.63) is 110 Å². The Morgan fingerprint density at radius 1 is 0.857 bits per heavy atom. The van der Waals surface area contributed by atoms with Gasteiger partial charge in [-0.05, 0) is 50.2 Å². The molecule has 256 valence electrons. The number of aliphatic hydroxyl groups excluding tert-OH is 1. The molecule has 49 heavy (non-hydrogen) atoms. The molecule has 0 aliphatic carbocycles. The number of aryl methyl sites for hydroxylation is 2. The van der Waals surface area contributed by atoms with Crippen LogP contribution >= 0.6 is 22.7 Å². The summed E-state index contributed by atoms with van der Waals surface area (Å²) in [6.07, 6.45) is -11.7. The van der Waals surface area contributed by atoms with Crippen LogP contribution in [0, 0.1) is 19.7 Å². The molecule has 3 aromatic carbocycles. The molecular weight excluding hydrogens is 701 g/mol. The Hall–Kier alpha value is -4.58. The fourth-order valence-corrected chi connectivity index (χ4v) is 7.17. The first-order valence-electron chi connectivity index (χ1n) is 14.2. The normalized spacial score (nSPS) is 17.1. The van der Waals surface area contributed by atoms with Crippen LogP contribution in [0.1, 0.15) is 43.9 Å². The number of halogens is 7. The molecule has 1 saturated heterocycles. The highest BCUT2D eigenvalue weighted by Crippen LogP contribution is 2.43. The maximum atomic E-state index is 15.8. The Morgan fingerprint density at radius 2 is 1.41 bits per heavy atom. The summed E-state index contributed by atoms with van der Waals surface area (Å²) < 4.78 is 99.5. The van der Waals surface area contributed by atoms with E-state index in [4.69, 9.17) is 9.57 Å². The third kappa shape index (κ3) is 6.83. The standard InChI is InChI=1S/C32H23F7N4O4S2/c1-15-24(48-27(40-15)17-3-7-19(8-4-17)31(34,35)36)14-46-21-11-12-22(23(33)13-21)30(42-29(45)47-43-30)26(44)25-16(2)41-28(49-25)18-5-9-20(10-6-18)32(37,38)39/h3-13,26,43-44H,14H2,1-2H3,(H,42,45). The summed E-state index contributed by atoms with van der Waals surface area (Å²) in [4.78, 5) is 26.7. The van der Waals surface area contributed by atoms with Gasteiger partial charge in [-0.1, -0.05) is 24.3 Å². The minimum absolute atomic E-state index is 0.0401. The highest BCUT2D eigenvalue weighted by atomic mass is 32.1. The summed E-state index contributed by atoms with van der Waals surface area (Å²) in [7, 11) is 0. The molecule has 0 saturated carbocycles. The molecule has 1 aliphatic rings. The average molecular weight is 725 g/mol. The molecule has 1 fully saturated rings. The quantitative estimate of drug-likeness (QED) is 0.138. The largest absolute Gasteiger partial charge is 0.488 e. The summed E-state index contributed by atoms with van der Waals surface area (Å²) >= 11 is 2.15. The Labute approximate surface area is 281 Å². The molecule has 2 aromatic heterocycles. The molecule has 3 N–H and O–H groups in total. The highest BCUT2D eigenvalue weighted by Gasteiger charge is 2.51. The lowest BCUT2D eigenvalue weighted by atomic mass is 9.92. The number of alkyl halides is 6. The van der Waals surface area contributed by atoms with E-state index in [1.54, 1.807) is 13.8 Å². The molecule has 6 rings (SSSR count). The minimum Gasteiger partial charge on any atom is -0.488 e. The maximum Gasteiger partial charge on any atom is 0.428 e. The second-order valence-electron chi connectivity index (χ2n) is 10.9. The number of carbonyl (C=O) groups is 1. The number of rotatable bonds is 8. The lowest BCUT2D eigenvalue weighted by Gasteiger charge is -2.32. The number of aromatic nitrogens is 2. The Morgan fingerprint density at radius 3 is 1.92 bits per heavy atom. The van der Waals surface area contributed by atoms with E-state index >= 15 is 4.39 Å². The molecule has 0 bridgehead atoms. The second-order valence-corrected chi connectivity index (χ2v) is 13.0. The molecular formula is C32H23F7N4O4S2. The van der Waals surface area contributed by atoms with Crippen LogP contribution in [0.4, 0.5) is 35.5 Å². The molecule has 0 radical (unpaired) electrons. The topological polar surface area (TPSA) is 106 Å². The number of ether oxygens (including phenoxy) is 1. The van der Waals surface area contributed by atoms with Gasteiger partial charge in [0.05, 0.1) is 32.3 Å². The van der Waals surface area contributed by atoms with Gasteiger partial charge in [-0.3, -0.25) is 5.32 Å². The summed E-state index contributed by atoms with van der Waals surface area (Å²) in [5, 5.41) is 14.7. The molecule has 2 atom stereocenters.